The first-order valence-electron chi connectivity index (χ1n) is 15.9. The van der Waals surface area contributed by atoms with Crippen molar-refractivity contribution in [3.05, 3.63) is 113 Å². The molecule has 0 bridgehead atoms. The number of aliphatic hydroxyl groups excluding tert-OH is 1. The van der Waals surface area contributed by atoms with E-state index in [0.29, 0.717) is 11.2 Å². The first-order valence-corrected chi connectivity index (χ1v) is 19.2. The zero-order chi connectivity index (χ0) is 34.3. The molecular weight excluding hydrogens is 646 g/mol. The first kappa shape index (κ1) is 34.0. The van der Waals surface area contributed by atoms with E-state index in [1.54, 1.807) is 11.7 Å². The molecule has 12 heteroatoms. The van der Waals surface area contributed by atoms with E-state index in [9.17, 15) is 5.11 Å². The first-order chi connectivity index (χ1) is 22.9. The van der Waals surface area contributed by atoms with Crippen LogP contribution in [0.4, 0.5) is 5.82 Å². The van der Waals surface area contributed by atoms with Gasteiger partial charge < -0.3 is 29.5 Å². The Labute approximate surface area is 286 Å². The molecule has 1 aliphatic heterocycles. The molecule has 0 saturated carbocycles. The van der Waals surface area contributed by atoms with Crippen LogP contribution in [0.1, 0.15) is 43.7 Å². The Hall–Kier alpha value is -3.84. The second-order valence-electron chi connectivity index (χ2n) is 13.6. The summed E-state index contributed by atoms with van der Waals surface area (Å²) in [6.45, 7) is 10.9. The van der Waals surface area contributed by atoms with E-state index >= 15 is 0 Å². The Balaban J connectivity index is 1.45. The van der Waals surface area contributed by atoms with Gasteiger partial charge in [0, 0.05) is 0 Å². The van der Waals surface area contributed by atoms with Crippen molar-refractivity contribution >= 4 is 36.9 Å². The van der Waals surface area contributed by atoms with E-state index in [1.807, 2.05) is 60.7 Å². The second kappa shape index (κ2) is 13.2. The maximum atomic E-state index is 12.0. The zero-order valence-corrected chi connectivity index (χ0v) is 29.8. The molecule has 3 N–H and O–H groups in total. The molecule has 6 rings (SSSR count). The number of hydrogen-bond donors (Lipinski definition) is 2. The lowest BCUT2D eigenvalue weighted by Crippen LogP contribution is -2.50. The summed E-state index contributed by atoms with van der Waals surface area (Å²) in [6, 6.07) is 28.1. The van der Waals surface area contributed by atoms with Gasteiger partial charge in [0.2, 0.25) is 5.28 Å². The van der Waals surface area contributed by atoms with Gasteiger partial charge in [-0.05, 0) is 58.6 Å². The number of benzene rings is 3. The number of nitrogens with zero attached hydrogens (tertiary/aromatic N) is 4. The lowest BCUT2D eigenvalue weighted by atomic mass is 9.80. The summed E-state index contributed by atoms with van der Waals surface area (Å²) in [6.07, 6.45) is -1.89. The van der Waals surface area contributed by atoms with Crippen LogP contribution in [0.2, 0.25) is 23.4 Å². The van der Waals surface area contributed by atoms with Crippen molar-refractivity contribution in [3.8, 4) is 5.75 Å². The van der Waals surface area contributed by atoms with Crippen LogP contribution in [-0.2, 0) is 19.5 Å². The van der Waals surface area contributed by atoms with Crippen LogP contribution < -0.4 is 10.5 Å². The normalized spacial score (nSPS) is 20.3. The number of nitrogen functional groups attached to an aromatic ring is 1. The molecule has 0 radical (unpaired) electrons. The molecule has 252 valence electrons. The molecule has 1 unspecified atom stereocenters. The van der Waals surface area contributed by atoms with Gasteiger partial charge in [-0.25, -0.2) is 4.98 Å². The van der Waals surface area contributed by atoms with E-state index in [2.05, 4.69) is 73.1 Å². The zero-order valence-electron chi connectivity index (χ0n) is 28.0. The lowest BCUT2D eigenvalue weighted by molar-refractivity contribution is -0.0930. The van der Waals surface area contributed by atoms with Crippen molar-refractivity contribution in [2.75, 3.05) is 19.5 Å². The number of nitrogens with two attached hydrogens (primary N) is 1. The monoisotopic (exact) mass is 687 g/mol. The van der Waals surface area contributed by atoms with Crippen LogP contribution in [0.25, 0.3) is 11.2 Å². The molecule has 5 aromatic rings. The third-order valence-corrected chi connectivity index (χ3v) is 14.2. The minimum Gasteiger partial charge on any atom is -0.497 e. The SMILES string of the molecule is COc1ccc(C(OC[C@H]2O[C@@H](n3cnc4c(N)nc(Cl)nc43)[C@H](O)C2O[Si](C)(C)C(C)(C)C)(c2ccccc2)c2ccccc2)cc1. The number of fused-ring (bicyclic) bond motifs is 1. The Bertz CT molecular complexity index is 1810. The number of imidazole rings is 1. The Morgan fingerprint density at radius 3 is 2.06 bits per heavy atom. The number of methoxy groups -OCH3 is 1. The van der Waals surface area contributed by atoms with Crippen LogP contribution in [0, 0.1) is 0 Å². The van der Waals surface area contributed by atoms with E-state index in [0.717, 1.165) is 22.4 Å². The average Bonchev–Trinajstić information content (AvgIpc) is 3.62. The minimum absolute atomic E-state index is 0.0295. The van der Waals surface area contributed by atoms with E-state index in [1.165, 1.54) is 6.33 Å². The quantitative estimate of drug-likeness (QED) is 0.0934. The molecule has 1 aliphatic rings. The number of rotatable bonds is 10. The van der Waals surface area contributed by atoms with Gasteiger partial charge in [0.25, 0.3) is 0 Å². The fourth-order valence-corrected chi connectivity index (χ4v) is 7.47. The minimum atomic E-state index is -2.42. The predicted octanol–water partition coefficient (Wildman–Crippen LogP) is 6.73. The van der Waals surface area contributed by atoms with Gasteiger partial charge in [-0.2, -0.15) is 9.97 Å². The highest BCUT2D eigenvalue weighted by atomic mass is 35.5. The van der Waals surface area contributed by atoms with Crippen LogP contribution in [0.15, 0.2) is 91.3 Å². The van der Waals surface area contributed by atoms with Crippen molar-refractivity contribution < 1.29 is 23.7 Å². The van der Waals surface area contributed by atoms with Gasteiger partial charge in [-0.3, -0.25) is 4.57 Å². The summed E-state index contributed by atoms with van der Waals surface area (Å²) in [4.78, 5) is 12.8. The van der Waals surface area contributed by atoms with Gasteiger partial charge >= 0.3 is 0 Å². The van der Waals surface area contributed by atoms with E-state index < -0.39 is 38.5 Å². The molecule has 1 fully saturated rings. The Kier molecular flexibility index (Phi) is 9.38. The van der Waals surface area contributed by atoms with Gasteiger partial charge in [0.05, 0.1) is 20.0 Å². The summed E-state index contributed by atoms with van der Waals surface area (Å²) in [5.41, 5.74) is 8.55. The highest BCUT2D eigenvalue weighted by Crippen LogP contribution is 2.45. The van der Waals surface area contributed by atoms with Crippen LogP contribution in [-0.4, -0.2) is 65.0 Å². The summed E-state index contributed by atoms with van der Waals surface area (Å²) in [5.74, 6) is 0.874. The molecule has 48 heavy (non-hydrogen) atoms. The summed E-state index contributed by atoms with van der Waals surface area (Å²) >= 11 is 6.19. The lowest BCUT2D eigenvalue weighted by Gasteiger charge is -2.41. The standard InChI is InChI=1S/C36H42ClN5O5Si/c1-35(2,3)48(5,6)47-30-27(46-33(29(30)43)42-22-39-28-31(38)40-34(37)41-32(28)42)21-45-36(23-13-9-7-10-14-23,24-15-11-8-12-16-24)25-17-19-26(44-4)20-18-25/h7-20,22,27,29-30,33,43H,21H2,1-6H3,(H2,38,40,41)/t27-,29-,30?,33-/m1/s1. The van der Waals surface area contributed by atoms with Crippen LogP contribution >= 0.6 is 11.6 Å². The number of hydrogen-bond acceptors (Lipinski definition) is 9. The number of ether oxygens (including phenoxy) is 3. The molecule has 3 heterocycles. The van der Waals surface area contributed by atoms with Gasteiger partial charge in [-0.1, -0.05) is 93.6 Å². The van der Waals surface area contributed by atoms with Gasteiger partial charge in [-0.15, -0.1) is 0 Å². The fourth-order valence-electron chi connectivity index (χ4n) is 5.97. The average molecular weight is 688 g/mol. The van der Waals surface area contributed by atoms with Crippen molar-refractivity contribution in [2.24, 2.45) is 0 Å². The summed E-state index contributed by atoms with van der Waals surface area (Å²) in [7, 11) is -0.772. The molecule has 0 amide bonds. The predicted molar refractivity (Wildman–Crippen MR) is 188 cm³/mol. The molecule has 1 saturated heterocycles. The van der Waals surface area contributed by atoms with Gasteiger partial charge in [0.15, 0.2) is 26.0 Å². The number of anilines is 1. The molecule has 0 aliphatic carbocycles. The molecule has 3 aromatic carbocycles. The van der Waals surface area contributed by atoms with Crippen molar-refractivity contribution in [1.29, 1.82) is 0 Å². The number of halogens is 1. The van der Waals surface area contributed by atoms with E-state index in [4.69, 9.17) is 36.0 Å². The molecular formula is C36H42ClN5O5Si. The maximum absolute atomic E-state index is 12.0. The maximum Gasteiger partial charge on any atom is 0.226 e. The highest BCUT2D eigenvalue weighted by molar-refractivity contribution is 6.74. The van der Waals surface area contributed by atoms with Crippen LogP contribution in [0.5, 0.6) is 5.75 Å². The van der Waals surface area contributed by atoms with Crippen molar-refractivity contribution in [2.45, 2.75) is 69.0 Å². The summed E-state index contributed by atoms with van der Waals surface area (Å²) in [5, 5.41) is 11.8. The molecule has 0 spiro atoms. The third-order valence-electron chi connectivity index (χ3n) is 9.56. The Morgan fingerprint density at radius 2 is 1.50 bits per heavy atom. The number of aromatic nitrogens is 4. The number of aliphatic hydroxyl groups is 1. The van der Waals surface area contributed by atoms with Gasteiger partial charge in [0.1, 0.15) is 35.2 Å². The van der Waals surface area contributed by atoms with E-state index in [-0.39, 0.29) is 22.7 Å². The summed E-state index contributed by atoms with van der Waals surface area (Å²) < 4.78 is 27.9. The van der Waals surface area contributed by atoms with Crippen molar-refractivity contribution in [3.63, 3.8) is 0 Å². The van der Waals surface area contributed by atoms with Crippen LogP contribution in [0.3, 0.4) is 0 Å². The topological polar surface area (TPSA) is 127 Å². The smallest absolute Gasteiger partial charge is 0.226 e. The van der Waals surface area contributed by atoms with Crippen molar-refractivity contribution in [1.82, 2.24) is 19.5 Å². The third kappa shape index (κ3) is 6.22. The Morgan fingerprint density at radius 1 is 0.917 bits per heavy atom. The molecule has 10 nitrogen and oxygen atoms in total. The molecule has 4 atom stereocenters. The highest BCUT2D eigenvalue weighted by Gasteiger charge is 2.52. The largest absolute Gasteiger partial charge is 0.497 e. The fraction of sp³-hybridized carbons (Fsp3) is 0.361. The second-order valence-corrected chi connectivity index (χ2v) is 18.6. The molecule has 2 aromatic heterocycles.